The summed E-state index contributed by atoms with van der Waals surface area (Å²) >= 11 is 0. The molecule has 2 aliphatic heterocycles. The number of hydrogen-bond donors (Lipinski definition) is 0. The highest BCUT2D eigenvalue weighted by Gasteiger charge is 2.50. The van der Waals surface area contributed by atoms with Gasteiger partial charge in [0.25, 0.3) is 5.91 Å². The second kappa shape index (κ2) is 6.31. The van der Waals surface area contributed by atoms with Crippen molar-refractivity contribution < 1.29 is 9.21 Å². The van der Waals surface area contributed by atoms with E-state index >= 15 is 0 Å². The molecule has 2 aliphatic carbocycles. The van der Waals surface area contributed by atoms with Crippen molar-refractivity contribution in [1.29, 1.82) is 0 Å². The molecule has 3 heterocycles. The highest BCUT2D eigenvalue weighted by molar-refractivity contribution is 5.96. The van der Waals surface area contributed by atoms with Gasteiger partial charge in [0.15, 0.2) is 11.5 Å². The summed E-state index contributed by atoms with van der Waals surface area (Å²) in [6.07, 6.45) is 6.97. The Hall–Kier alpha value is -2.95. The van der Waals surface area contributed by atoms with Gasteiger partial charge >= 0.3 is 0 Å². The number of hydrogen-bond acceptors (Lipinski definition) is 4. The van der Waals surface area contributed by atoms with Gasteiger partial charge < -0.3 is 9.32 Å². The Morgan fingerprint density at radius 3 is 2.91 bits per heavy atom. The summed E-state index contributed by atoms with van der Waals surface area (Å²) < 4.78 is 6.14. The van der Waals surface area contributed by atoms with Crippen LogP contribution in [-0.4, -0.2) is 34.6 Å². The molecular formula is C27H27N3O2. The maximum Gasteiger partial charge on any atom is 0.254 e. The molecule has 32 heavy (non-hydrogen) atoms. The monoisotopic (exact) mass is 425 g/mol. The Morgan fingerprint density at radius 1 is 1.19 bits per heavy atom. The first kappa shape index (κ1) is 18.6. The Labute approximate surface area is 187 Å². The number of piperidine rings is 1. The maximum absolute atomic E-state index is 13.6. The average Bonchev–Trinajstić information content (AvgIpc) is 3.38. The van der Waals surface area contributed by atoms with Crippen LogP contribution in [0.5, 0.6) is 0 Å². The molecule has 2 bridgehead atoms. The van der Waals surface area contributed by atoms with Crippen molar-refractivity contribution in [3.8, 4) is 0 Å². The number of aliphatic imine (C=N–C) groups is 1. The number of carbonyl (C=O) groups excluding carboxylic acids is 1. The standard InChI is InChI=1S/C27H27N3O2/c1-15-23-13-19-12-22-24(32-25(29-22)16-3-4-16)14-20(19)27(15,2)8-10-30(23)26(31)18-5-6-21-17(11-18)7-9-28-21/h5-6,9,11-12,14-16,23H,3-4,7-8,10,13H2,1-2H3/t15-,23-,27-/m1/s1. The number of oxazole rings is 1. The van der Waals surface area contributed by atoms with Crippen molar-refractivity contribution in [2.75, 3.05) is 6.54 Å². The van der Waals surface area contributed by atoms with Crippen LogP contribution >= 0.6 is 0 Å². The number of likely N-dealkylation sites (tertiary alicyclic amines) is 1. The molecule has 1 amide bonds. The van der Waals surface area contributed by atoms with E-state index < -0.39 is 0 Å². The van der Waals surface area contributed by atoms with Crippen LogP contribution in [0.4, 0.5) is 5.69 Å². The van der Waals surface area contributed by atoms with E-state index in [1.807, 2.05) is 24.4 Å². The summed E-state index contributed by atoms with van der Waals surface area (Å²) in [6, 6.07) is 10.7. The second-order valence-electron chi connectivity index (χ2n) is 10.4. The van der Waals surface area contributed by atoms with Crippen LogP contribution in [0.3, 0.4) is 0 Å². The molecule has 0 unspecified atom stereocenters. The van der Waals surface area contributed by atoms with Gasteiger partial charge in [0, 0.05) is 36.7 Å². The molecule has 2 aromatic carbocycles. The van der Waals surface area contributed by atoms with Crippen molar-refractivity contribution in [2.45, 2.75) is 63.3 Å². The van der Waals surface area contributed by atoms with E-state index in [9.17, 15) is 4.79 Å². The van der Waals surface area contributed by atoms with Crippen LogP contribution in [0.25, 0.3) is 11.1 Å². The van der Waals surface area contributed by atoms with E-state index in [0.717, 1.165) is 59.6 Å². The lowest BCUT2D eigenvalue weighted by Crippen LogP contribution is -2.59. The largest absolute Gasteiger partial charge is 0.440 e. The molecule has 4 aliphatic rings. The van der Waals surface area contributed by atoms with Gasteiger partial charge in [-0.1, -0.05) is 13.8 Å². The second-order valence-corrected chi connectivity index (χ2v) is 10.4. The van der Waals surface area contributed by atoms with Gasteiger partial charge in [-0.2, -0.15) is 0 Å². The fraction of sp³-hybridized carbons (Fsp3) is 0.444. The molecule has 2 fully saturated rings. The van der Waals surface area contributed by atoms with Crippen LogP contribution in [-0.2, 0) is 18.3 Å². The van der Waals surface area contributed by atoms with Crippen molar-refractivity contribution in [2.24, 2.45) is 10.9 Å². The minimum Gasteiger partial charge on any atom is -0.440 e. The van der Waals surface area contributed by atoms with E-state index in [0.29, 0.717) is 11.8 Å². The van der Waals surface area contributed by atoms with Crippen LogP contribution < -0.4 is 0 Å². The third kappa shape index (κ3) is 2.54. The molecule has 3 aromatic rings. The zero-order valence-corrected chi connectivity index (χ0v) is 18.6. The summed E-state index contributed by atoms with van der Waals surface area (Å²) in [5.74, 6) is 1.95. The lowest BCUT2D eigenvalue weighted by molar-refractivity contribution is 0.0251. The first-order valence-electron chi connectivity index (χ1n) is 11.9. The Balaban J connectivity index is 1.26. The molecule has 0 radical (unpaired) electrons. The highest BCUT2D eigenvalue weighted by atomic mass is 16.3. The molecule has 1 aromatic heterocycles. The zero-order chi connectivity index (χ0) is 21.6. The molecule has 7 rings (SSSR count). The van der Waals surface area contributed by atoms with E-state index in [2.05, 4.69) is 35.9 Å². The summed E-state index contributed by atoms with van der Waals surface area (Å²) in [6.45, 7) is 5.49. The van der Waals surface area contributed by atoms with Crippen molar-refractivity contribution in [3.05, 3.63) is 58.5 Å². The maximum atomic E-state index is 13.6. The summed E-state index contributed by atoms with van der Waals surface area (Å²) in [5.41, 5.74) is 7.61. The van der Waals surface area contributed by atoms with Crippen LogP contribution in [0.1, 0.15) is 72.0 Å². The summed E-state index contributed by atoms with van der Waals surface area (Å²) in [7, 11) is 0. The third-order valence-corrected chi connectivity index (χ3v) is 8.58. The van der Waals surface area contributed by atoms with Crippen LogP contribution in [0.15, 0.2) is 39.7 Å². The molecule has 1 saturated heterocycles. The van der Waals surface area contributed by atoms with Gasteiger partial charge in [0.1, 0.15) is 5.52 Å². The first-order chi connectivity index (χ1) is 15.5. The van der Waals surface area contributed by atoms with E-state index in [1.54, 1.807) is 0 Å². The average molecular weight is 426 g/mol. The number of aromatic nitrogens is 1. The Kier molecular flexibility index (Phi) is 3.67. The predicted octanol–water partition coefficient (Wildman–Crippen LogP) is 5.33. The lowest BCUT2D eigenvalue weighted by atomic mass is 9.59. The molecule has 5 heteroatoms. The van der Waals surface area contributed by atoms with Gasteiger partial charge in [-0.3, -0.25) is 9.79 Å². The summed E-state index contributed by atoms with van der Waals surface area (Å²) in [4.78, 5) is 24.9. The number of rotatable bonds is 2. The van der Waals surface area contributed by atoms with Crippen LogP contribution in [0, 0.1) is 5.92 Å². The quantitative estimate of drug-likeness (QED) is 0.558. The summed E-state index contributed by atoms with van der Waals surface area (Å²) in [5, 5.41) is 0. The smallest absolute Gasteiger partial charge is 0.254 e. The molecule has 5 nitrogen and oxygen atoms in total. The van der Waals surface area contributed by atoms with Crippen LogP contribution in [0.2, 0.25) is 0 Å². The van der Waals surface area contributed by atoms with E-state index in [-0.39, 0.29) is 17.4 Å². The zero-order valence-electron chi connectivity index (χ0n) is 18.6. The fourth-order valence-electron chi connectivity index (χ4n) is 6.24. The highest BCUT2D eigenvalue weighted by Crippen LogP contribution is 2.50. The molecule has 0 N–H and O–H groups in total. The van der Waals surface area contributed by atoms with Crippen molar-refractivity contribution >= 4 is 28.9 Å². The SMILES string of the molecule is C[C@@H]1[C@H]2Cc3cc4nc(C5CC5)oc4cc3[C@]1(C)CCN2C(=O)c1ccc2c(c1)CC=N2. The van der Waals surface area contributed by atoms with Crippen molar-refractivity contribution in [1.82, 2.24) is 9.88 Å². The predicted molar refractivity (Wildman–Crippen MR) is 124 cm³/mol. The number of nitrogens with zero attached hydrogens (tertiary/aromatic N) is 3. The molecule has 1 saturated carbocycles. The topological polar surface area (TPSA) is 58.7 Å². The van der Waals surface area contributed by atoms with Gasteiger partial charge in [0.2, 0.25) is 0 Å². The lowest BCUT2D eigenvalue weighted by Gasteiger charge is -2.54. The number of amides is 1. The fourth-order valence-corrected chi connectivity index (χ4v) is 6.24. The number of carbonyl (C=O) groups is 1. The number of fused-ring (bicyclic) bond motifs is 6. The van der Waals surface area contributed by atoms with Gasteiger partial charge in [0.05, 0.1) is 5.69 Å². The van der Waals surface area contributed by atoms with Gasteiger partial charge in [-0.25, -0.2) is 4.98 Å². The third-order valence-electron chi connectivity index (χ3n) is 8.58. The van der Waals surface area contributed by atoms with Gasteiger partial charge in [-0.05, 0) is 84.0 Å². The normalized spacial score (nSPS) is 28.1. The molecular weight excluding hydrogens is 398 g/mol. The number of benzene rings is 2. The van der Waals surface area contributed by atoms with E-state index in [1.165, 1.54) is 24.0 Å². The molecule has 3 atom stereocenters. The van der Waals surface area contributed by atoms with Gasteiger partial charge in [-0.15, -0.1) is 0 Å². The first-order valence-corrected chi connectivity index (χ1v) is 11.9. The molecule has 162 valence electrons. The Morgan fingerprint density at radius 2 is 2.06 bits per heavy atom. The van der Waals surface area contributed by atoms with E-state index in [4.69, 9.17) is 9.40 Å². The van der Waals surface area contributed by atoms with Crippen molar-refractivity contribution in [3.63, 3.8) is 0 Å². The minimum atomic E-state index is 0.0432. The minimum absolute atomic E-state index is 0.0432. The molecule has 0 spiro atoms. The Bertz CT molecular complexity index is 1320.